The standard InChI is InChI=1S/C17H21ClN2O2/c1-10-14-8-13(18)5-6-15(14)22-16(10)17(21)20-7-3-4-12(9-20)11(2)19/h5-6,8,11-12H,3-4,7,9,19H2,1-2H3/t11-,12+/m0/s1. The summed E-state index contributed by atoms with van der Waals surface area (Å²) in [5.41, 5.74) is 7.55. The third kappa shape index (κ3) is 2.73. The normalized spacial score (nSPS) is 20.4. The van der Waals surface area contributed by atoms with Crippen molar-refractivity contribution in [3.05, 3.63) is 34.5 Å². The summed E-state index contributed by atoms with van der Waals surface area (Å²) in [5, 5.41) is 1.54. The minimum absolute atomic E-state index is 0.0461. The van der Waals surface area contributed by atoms with Crippen LogP contribution in [0.2, 0.25) is 5.02 Å². The highest BCUT2D eigenvalue weighted by molar-refractivity contribution is 6.31. The lowest BCUT2D eigenvalue weighted by Gasteiger charge is -2.34. The van der Waals surface area contributed by atoms with Crippen molar-refractivity contribution in [1.82, 2.24) is 4.90 Å². The number of benzene rings is 1. The molecule has 0 spiro atoms. The van der Waals surface area contributed by atoms with E-state index in [-0.39, 0.29) is 11.9 Å². The number of amides is 1. The third-order valence-electron chi connectivity index (χ3n) is 4.58. The van der Waals surface area contributed by atoms with Crippen LogP contribution in [0.1, 0.15) is 35.9 Å². The summed E-state index contributed by atoms with van der Waals surface area (Å²) < 4.78 is 5.78. The van der Waals surface area contributed by atoms with Crippen LogP contribution in [0.25, 0.3) is 11.0 Å². The Morgan fingerprint density at radius 2 is 2.27 bits per heavy atom. The van der Waals surface area contributed by atoms with Crippen molar-refractivity contribution in [2.75, 3.05) is 13.1 Å². The van der Waals surface area contributed by atoms with Gasteiger partial charge in [0.15, 0.2) is 5.76 Å². The number of fused-ring (bicyclic) bond motifs is 1. The lowest BCUT2D eigenvalue weighted by atomic mass is 9.92. The number of nitrogens with zero attached hydrogens (tertiary/aromatic N) is 1. The second kappa shape index (κ2) is 5.94. The number of furan rings is 1. The van der Waals surface area contributed by atoms with Crippen molar-refractivity contribution >= 4 is 28.5 Å². The Hall–Kier alpha value is -1.52. The van der Waals surface area contributed by atoms with Crippen LogP contribution in [0.4, 0.5) is 0 Å². The summed E-state index contributed by atoms with van der Waals surface area (Å²) in [5.74, 6) is 0.731. The van der Waals surface area contributed by atoms with E-state index in [9.17, 15) is 4.79 Å². The number of hydrogen-bond donors (Lipinski definition) is 1. The van der Waals surface area contributed by atoms with E-state index >= 15 is 0 Å². The fraction of sp³-hybridized carbons (Fsp3) is 0.471. The second-order valence-electron chi connectivity index (χ2n) is 6.21. The number of carbonyl (C=O) groups is 1. The van der Waals surface area contributed by atoms with Crippen molar-refractivity contribution in [3.63, 3.8) is 0 Å². The quantitative estimate of drug-likeness (QED) is 0.919. The van der Waals surface area contributed by atoms with E-state index in [1.165, 1.54) is 0 Å². The average Bonchev–Trinajstić information content (AvgIpc) is 2.83. The Bertz CT molecular complexity index is 708. The van der Waals surface area contributed by atoms with Crippen LogP contribution in [-0.2, 0) is 0 Å². The molecule has 2 aromatic rings. The van der Waals surface area contributed by atoms with Crippen LogP contribution in [0.15, 0.2) is 22.6 Å². The lowest BCUT2D eigenvalue weighted by Crippen LogP contribution is -2.45. The molecule has 118 valence electrons. The van der Waals surface area contributed by atoms with E-state index in [0.29, 0.717) is 28.8 Å². The molecule has 1 aliphatic rings. The SMILES string of the molecule is Cc1c(C(=O)N2CCC[C@@H]([C@H](C)N)C2)oc2ccc(Cl)cc12. The molecule has 1 aliphatic heterocycles. The van der Waals surface area contributed by atoms with Gasteiger partial charge in [-0.15, -0.1) is 0 Å². The Morgan fingerprint density at radius 1 is 1.50 bits per heavy atom. The van der Waals surface area contributed by atoms with Crippen LogP contribution in [0.5, 0.6) is 0 Å². The van der Waals surface area contributed by atoms with Gasteiger partial charge in [0.25, 0.3) is 5.91 Å². The maximum Gasteiger partial charge on any atom is 0.289 e. The Morgan fingerprint density at radius 3 is 3.00 bits per heavy atom. The van der Waals surface area contributed by atoms with Crippen molar-refractivity contribution < 1.29 is 9.21 Å². The van der Waals surface area contributed by atoms with Crippen LogP contribution in [0.3, 0.4) is 0 Å². The summed E-state index contributed by atoms with van der Waals surface area (Å²) in [4.78, 5) is 14.7. The molecule has 4 nitrogen and oxygen atoms in total. The largest absolute Gasteiger partial charge is 0.451 e. The van der Waals surface area contributed by atoms with Gasteiger partial charge in [-0.2, -0.15) is 0 Å². The monoisotopic (exact) mass is 320 g/mol. The predicted molar refractivity (Wildman–Crippen MR) is 88.2 cm³/mol. The maximum atomic E-state index is 12.8. The summed E-state index contributed by atoms with van der Waals surface area (Å²) >= 11 is 6.03. The topological polar surface area (TPSA) is 59.5 Å². The van der Waals surface area contributed by atoms with Gasteiger partial charge in [-0.05, 0) is 50.8 Å². The summed E-state index contributed by atoms with van der Waals surface area (Å²) in [6.07, 6.45) is 2.07. The maximum absolute atomic E-state index is 12.8. The zero-order chi connectivity index (χ0) is 15.9. The van der Waals surface area contributed by atoms with E-state index in [0.717, 1.165) is 30.3 Å². The first-order valence-electron chi connectivity index (χ1n) is 7.71. The highest BCUT2D eigenvalue weighted by atomic mass is 35.5. The second-order valence-corrected chi connectivity index (χ2v) is 6.65. The number of rotatable bonds is 2. The molecule has 1 amide bonds. The van der Waals surface area contributed by atoms with Crippen LogP contribution in [-0.4, -0.2) is 29.9 Å². The average molecular weight is 321 g/mol. The van der Waals surface area contributed by atoms with Gasteiger partial charge in [0.1, 0.15) is 5.58 Å². The van der Waals surface area contributed by atoms with Gasteiger partial charge in [0.2, 0.25) is 0 Å². The minimum Gasteiger partial charge on any atom is -0.451 e. The molecule has 1 aromatic carbocycles. The van der Waals surface area contributed by atoms with Crippen LogP contribution < -0.4 is 5.73 Å². The van der Waals surface area contributed by atoms with Gasteiger partial charge in [-0.1, -0.05) is 11.6 Å². The highest BCUT2D eigenvalue weighted by Gasteiger charge is 2.29. The summed E-state index contributed by atoms with van der Waals surface area (Å²) in [6.45, 7) is 5.38. The molecule has 22 heavy (non-hydrogen) atoms. The van der Waals surface area contributed by atoms with Gasteiger partial charge < -0.3 is 15.1 Å². The number of halogens is 1. The number of piperidine rings is 1. The van der Waals surface area contributed by atoms with Gasteiger partial charge >= 0.3 is 0 Å². The number of hydrogen-bond acceptors (Lipinski definition) is 3. The van der Waals surface area contributed by atoms with Gasteiger partial charge in [-0.25, -0.2) is 0 Å². The first-order valence-corrected chi connectivity index (χ1v) is 8.08. The zero-order valence-corrected chi connectivity index (χ0v) is 13.7. The van der Waals surface area contributed by atoms with Crippen molar-refractivity contribution in [2.24, 2.45) is 11.7 Å². The number of carbonyl (C=O) groups excluding carboxylic acids is 1. The molecule has 3 rings (SSSR count). The molecule has 1 fully saturated rings. The molecule has 2 atom stereocenters. The molecule has 0 aliphatic carbocycles. The summed E-state index contributed by atoms with van der Waals surface area (Å²) in [6, 6.07) is 5.52. The number of nitrogens with two attached hydrogens (primary N) is 1. The first-order chi connectivity index (χ1) is 10.5. The van der Waals surface area contributed by atoms with Gasteiger partial charge in [0.05, 0.1) is 0 Å². The molecule has 2 N–H and O–H groups in total. The van der Waals surface area contributed by atoms with E-state index in [4.69, 9.17) is 21.8 Å². The third-order valence-corrected chi connectivity index (χ3v) is 4.82. The van der Waals surface area contributed by atoms with Crippen molar-refractivity contribution in [3.8, 4) is 0 Å². The number of aryl methyl sites for hydroxylation is 1. The van der Waals surface area contributed by atoms with Crippen molar-refractivity contribution in [2.45, 2.75) is 32.7 Å². The number of likely N-dealkylation sites (tertiary alicyclic amines) is 1. The molecule has 1 saturated heterocycles. The van der Waals surface area contributed by atoms with Crippen molar-refractivity contribution in [1.29, 1.82) is 0 Å². The predicted octanol–water partition coefficient (Wildman–Crippen LogP) is 3.59. The molecule has 0 radical (unpaired) electrons. The van der Waals surface area contributed by atoms with Crippen LogP contribution >= 0.6 is 11.6 Å². The minimum atomic E-state index is -0.0461. The van der Waals surface area contributed by atoms with E-state index in [1.54, 1.807) is 6.07 Å². The van der Waals surface area contributed by atoms with E-state index in [2.05, 4.69) is 0 Å². The molecule has 0 bridgehead atoms. The van der Waals surface area contributed by atoms with Crippen LogP contribution in [0, 0.1) is 12.8 Å². The zero-order valence-electron chi connectivity index (χ0n) is 12.9. The molecular weight excluding hydrogens is 300 g/mol. The lowest BCUT2D eigenvalue weighted by molar-refractivity contribution is 0.0630. The molecule has 5 heteroatoms. The molecule has 0 unspecified atom stereocenters. The summed E-state index contributed by atoms with van der Waals surface area (Å²) in [7, 11) is 0. The Labute approximate surface area is 135 Å². The van der Waals surface area contributed by atoms with Gasteiger partial charge in [0, 0.05) is 35.1 Å². The fourth-order valence-electron chi connectivity index (χ4n) is 3.16. The molecule has 2 heterocycles. The first kappa shape index (κ1) is 15.4. The smallest absolute Gasteiger partial charge is 0.289 e. The van der Waals surface area contributed by atoms with E-state index in [1.807, 2.05) is 30.9 Å². The van der Waals surface area contributed by atoms with Gasteiger partial charge in [-0.3, -0.25) is 4.79 Å². The van der Waals surface area contributed by atoms with E-state index < -0.39 is 0 Å². The molecule has 0 saturated carbocycles. The molecular formula is C17H21ClN2O2. The Balaban J connectivity index is 1.90. The highest BCUT2D eigenvalue weighted by Crippen LogP contribution is 2.30. The molecule has 1 aromatic heterocycles. The Kier molecular flexibility index (Phi) is 4.15. The fourth-order valence-corrected chi connectivity index (χ4v) is 3.34.